The van der Waals surface area contributed by atoms with E-state index in [9.17, 15) is 9.59 Å². The van der Waals surface area contributed by atoms with Gasteiger partial charge in [0.1, 0.15) is 0 Å². The summed E-state index contributed by atoms with van der Waals surface area (Å²) in [5.74, 6) is -0.873. The Morgan fingerprint density at radius 1 is 1.33 bits per heavy atom. The number of nitrogens with zero attached hydrogens (tertiary/aromatic N) is 1. The number of benzene rings is 1. The van der Waals surface area contributed by atoms with Crippen LogP contribution in [0.15, 0.2) is 18.2 Å². The van der Waals surface area contributed by atoms with Gasteiger partial charge in [0, 0.05) is 20.0 Å². The van der Waals surface area contributed by atoms with E-state index in [2.05, 4.69) is 5.32 Å². The number of amides is 2. The minimum Gasteiger partial charge on any atom is -0.481 e. The van der Waals surface area contributed by atoms with Crippen molar-refractivity contribution < 1.29 is 14.7 Å². The normalized spacial score (nSPS) is 11.8. The van der Waals surface area contributed by atoms with Crippen molar-refractivity contribution in [1.82, 2.24) is 10.2 Å². The van der Waals surface area contributed by atoms with Gasteiger partial charge in [-0.25, -0.2) is 4.79 Å². The maximum absolute atomic E-state index is 12.0. The first kappa shape index (κ1) is 17.6. The van der Waals surface area contributed by atoms with Crippen LogP contribution in [0.25, 0.3) is 0 Å². The van der Waals surface area contributed by atoms with Gasteiger partial charge in [-0.1, -0.05) is 29.3 Å². The predicted octanol–water partition coefficient (Wildman–Crippen LogP) is 3.56. The maximum atomic E-state index is 12.0. The smallest absolute Gasteiger partial charge is 0.317 e. The number of hydrogen-bond acceptors (Lipinski definition) is 2. The fourth-order valence-electron chi connectivity index (χ4n) is 1.73. The highest BCUT2D eigenvalue weighted by atomic mass is 35.5. The SMILES string of the molecule is CC(c1ccc(Cl)c(Cl)c1)N(C)C(=O)NCCCC(=O)O. The molecule has 0 radical (unpaired) electrons. The van der Waals surface area contributed by atoms with Crippen LogP contribution in [0.1, 0.15) is 31.4 Å². The highest BCUT2D eigenvalue weighted by Crippen LogP contribution is 2.27. The van der Waals surface area contributed by atoms with Gasteiger partial charge in [-0.15, -0.1) is 0 Å². The first-order chi connectivity index (χ1) is 9.82. The molecule has 7 heteroatoms. The molecule has 0 aliphatic rings. The zero-order valence-corrected chi connectivity index (χ0v) is 13.4. The quantitative estimate of drug-likeness (QED) is 0.782. The Labute approximate surface area is 133 Å². The van der Waals surface area contributed by atoms with E-state index in [4.69, 9.17) is 28.3 Å². The Kier molecular flexibility index (Phi) is 6.78. The molecule has 1 aromatic rings. The number of carbonyl (C=O) groups excluding carboxylic acids is 1. The van der Waals surface area contributed by atoms with E-state index in [0.717, 1.165) is 5.56 Å². The second-order valence-electron chi connectivity index (χ2n) is 4.69. The van der Waals surface area contributed by atoms with Crippen LogP contribution in [0.2, 0.25) is 10.0 Å². The summed E-state index contributed by atoms with van der Waals surface area (Å²) in [4.78, 5) is 23.9. The zero-order valence-electron chi connectivity index (χ0n) is 11.9. The average molecular weight is 333 g/mol. The van der Waals surface area contributed by atoms with E-state index in [0.29, 0.717) is 23.0 Å². The zero-order chi connectivity index (χ0) is 16.0. The van der Waals surface area contributed by atoms with Crippen molar-refractivity contribution in [2.75, 3.05) is 13.6 Å². The van der Waals surface area contributed by atoms with E-state index < -0.39 is 5.97 Å². The molecule has 21 heavy (non-hydrogen) atoms. The Balaban J connectivity index is 2.56. The molecule has 0 aromatic heterocycles. The van der Waals surface area contributed by atoms with Gasteiger partial charge in [0.2, 0.25) is 0 Å². The summed E-state index contributed by atoms with van der Waals surface area (Å²) in [6.07, 6.45) is 0.433. The summed E-state index contributed by atoms with van der Waals surface area (Å²) in [6, 6.07) is 4.78. The van der Waals surface area contributed by atoms with Gasteiger partial charge in [0.05, 0.1) is 16.1 Å². The summed E-state index contributed by atoms with van der Waals surface area (Å²) in [5, 5.41) is 12.1. The van der Waals surface area contributed by atoms with Crippen LogP contribution in [-0.4, -0.2) is 35.6 Å². The van der Waals surface area contributed by atoms with Crippen molar-refractivity contribution >= 4 is 35.2 Å². The Morgan fingerprint density at radius 3 is 2.57 bits per heavy atom. The number of hydrogen-bond donors (Lipinski definition) is 2. The third-order valence-electron chi connectivity index (χ3n) is 3.17. The molecule has 1 rings (SSSR count). The first-order valence-electron chi connectivity index (χ1n) is 6.50. The number of aliphatic carboxylic acids is 1. The molecule has 0 fully saturated rings. The Morgan fingerprint density at radius 2 is 2.00 bits per heavy atom. The number of rotatable bonds is 6. The number of carboxylic acid groups (broad SMARTS) is 1. The van der Waals surface area contributed by atoms with Crippen molar-refractivity contribution in [2.45, 2.75) is 25.8 Å². The molecule has 5 nitrogen and oxygen atoms in total. The number of halogens is 2. The largest absolute Gasteiger partial charge is 0.481 e. The van der Waals surface area contributed by atoms with Crippen LogP contribution < -0.4 is 5.32 Å². The van der Waals surface area contributed by atoms with E-state index in [-0.39, 0.29) is 18.5 Å². The average Bonchev–Trinajstić information content (AvgIpc) is 2.44. The van der Waals surface area contributed by atoms with Crippen LogP contribution >= 0.6 is 23.2 Å². The minimum absolute atomic E-state index is 0.0341. The third kappa shape index (κ3) is 5.44. The third-order valence-corrected chi connectivity index (χ3v) is 3.91. The second-order valence-corrected chi connectivity index (χ2v) is 5.50. The van der Waals surface area contributed by atoms with Gasteiger partial charge in [-0.05, 0) is 31.0 Å². The van der Waals surface area contributed by atoms with E-state index >= 15 is 0 Å². The lowest BCUT2D eigenvalue weighted by Gasteiger charge is -2.25. The van der Waals surface area contributed by atoms with Crippen LogP contribution in [0.5, 0.6) is 0 Å². The van der Waals surface area contributed by atoms with Crippen molar-refractivity contribution in [3.8, 4) is 0 Å². The standard InChI is InChI=1S/C14H18Cl2N2O3/c1-9(10-5-6-11(15)12(16)8-10)18(2)14(21)17-7-3-4-13(19)20/h5-6,8-9H,3-4,7H2,1-2H3,(H,17,21)(H,19,20). The van der Waals surface area contributed by atoms with Crippen molar-refractivity contribution in [3.63, 3.8) is 0 Å². The summed E-state index contributed by atoms with van der Waals surface area (Å²) >= 11 is 11.8. The molecular formula is C14H18Cl2N2O3. The fourth-order valence-corrected chi connectivity index (χ4v) is 2.04. The van der Waals surface area contributed by atoms with Gasteiger partial charge in [0.15, 0.2) is 0 Å². The molecule has 0 aliphatic heterocycles. The molecule has 1 aromatic carbocycles. The van der Waals surface area contributed by atoms with Crippen LogP contribution in [0.4, 0.5) is 4.79 Å². The summed E-state index contributed by atoms with van der Waals surface area (Å²) in [7, 11) is 1.67. The van der Waals surface area contributed by atoms with E-state index in [1.165, 1.54) is 4.90 Å². The predicted molar refractivity (Wildman–Crippen MR) is 82.9 cm³/mol. The van der Waals surface area contributed by atoms with Crippen molar-refractivity contribution in [2.24, 2.45) is 0 Å². The molecule has 1 atom stereocenters. The Hall–Kier alpha value is -1.46. The second kappa shape index (κ2) is 8.10. The van der Waals surface area contributed by atoms with Crippen LogP contribution in [0, 0.1) is 0 Å². The fraction of sp³-hybridized carbons (Fsp3) is 0.429. The molecule has 2 N–H and O–H groups in total. The molecule has 0 saturated carbocycles. The van der Waals surface area contributed by atoms with Crippen molar-refractivity contribution in [3.05, 3.63) is 33.8 Å². The molecule has 1 unspecified atom stereocenters. The number of urea groups is 1. The number of carboxylic acids is 1. The summed E-state index contributed by atoms with van der Waals surface area (Å²) < 4.78 is 0. The lowest BCUT2D eigenvalue weighted by Crippen LogP contribution is -2.39. The molecular weight excluding hydrogens is 315 g/mol. The molecule has 0 bridgehead atoms. The van der Waals surface area contributed by atoms with Gasteiger partial charge >= 0.3 is 12.0 Å². The molecule has 116 valence electrons. The van der Waals surface area contributed by atoms with E-state index in [1.807, 2.05) is 13.0 Å². The summed E-state index contributed by atoms with van der Waals surface area (Å²) in [6.45, 7) is 2.19. The Bertz CT molecular complexity index is 523. The molecule has 0 heterocycles. The number of carbonyl (C=O) groups is 2. The minimum atomic E-state index is -0.873. The number of nitrogens with one attached hydrogen (secondary N) is 1. The maximum Gasteiger partial charge on any atom is 0.317 e. The lowest BCUT2D eigenvalue weighted by atomic mass is 10.1. The highest BCUT2D eigenvalue weighted by molar-refractivity contribution is 6.42. The monoisotopic (exact) mass is 332 g/mol. The van der Waals surface area contributed by atoms with Gasteiger partial charge in [0.25, 0.3) is 0 Å². The molecule has 0 spiro atoms. The van der Waals surface area contributed by atoms with Crippen molar-refractivity contribution in [1.29, 1.82) is 0 Å². The molecule has 2 amide bonds. The van der Waals surface area contributed by atoms with Gasteiger partial charge in [-0.3, -0.25) is 4.79 Å². The molecule has 0 aliphatic carbocycles. The first-order valence-corrected chi connectivity index (χ1v) is 7.26. The topological polar surface area (TPSA) is 69.6 Å². The van der Waals surface area contributed by atoms with E-state index in [1.54, 1.807) is 19.2 Å². The highest BCUT2D eigenvalue weighted by Gasteiger charge is 2.17. The molecule has 0 saturated heterocycles. The van der Waals surface area contributed by atoms with Crippen LogP contribution in [0.3, 0.4) is 0 Å². The lowest BCUT2D eigenvalue weighted by molar-refractivity contribution is -0.137. The van der Waals surface area contributed by atoms with Crippen LogP contribution in [-0.2, 0) is 4.79 Å². The summed E-state index contributed by atoms with van der Waals surface area (Å²) in [5.41, 5.74) is 0.868. The van der Waals surface area contributed by atoms with Gasteiger partial charge in [-0.2, -0.15) is 0 Å². The van der Waals surface area contributed by atoms with Gasteiger partial charge < -0.3 is 15.3 Å².